The Kier molecular flexibility index (Phi) is 4.53. The van der Waals surface area contributed by atoms with Gasteiger partial charge in [0.2, 0.25) is 0 Å². The molecule has 0 saturated carbocycles. The Labute approximate surface area is 114 Å². The number of benzene rings is 3. The van der Waals surface area contributed by atoms with Gasteiger partial charge in [-0.05, 0) is 33.2 Å². The molecule has 0 heterocycles. The van der Waals surface area contributed by atoms with Crippen LogP contribution in [0.15, 0.2) is 54.6 Å². The quantitative estimate of drug-likeness (QED) is 0.572. The Morgan fingerprint density at radius 3 is 1.74 bits per heavy atom. The fraction of sp³-hybridized carbons (Fsp3) is 0.222. The third kappa shape index (κ3) is 2.61. The molecule has 3 aromatic rings. The van der Waals surface area contributed by atoms with Crippen LogP contribution < -0.4 is 0 Å². The standard InChI is InChI=1S/C16H14O.C2H6/c1-17-11-16-14-8-4-2-6-12(14)10-13-7-3-5-9-15(13)16;1-2/h2-10H,11H2,1H3;1-2H3. The fourth-order valence-electron chi connectivity index (χ4n) is 2.41. The summed E-state index contributed by atoms with van der Waals surface area (Å²) in [5, 5.41) is 5.12. The first kappa shape index (κ1) is 13.6. The minimum atomic E-state index is 0.655. The molecule has 0 N–H and O–H groups in total. The number of hydrogen-bond donors (Lipinski definition) is 0. The van der Waals surface area contributed by atoms with Crippen molar-refractivity contribution in [3.63, 3.8) is 0 Å². The second kappa shape index (κ2) is 6.35. The van der Waals surface area contributed by atoms with Crippen molar-refractivity contribution in [1.82, 2.24) is 0 Å². The minimum absolute atomic E-state index is 0.655. The zero-order chi connectivity index (χ0) is 13.7. The molecule has 0 aliphatic carbocycles. The zero-order valence-electron chi connectivity index (χ0n) is 11.8. The molecule has 1 nitrogen and oxygen atoms in total. The lowest BCUT2D eigenvalue weighted by atomic mass is 9.97. The number of fused-ring (bicyclic) bond motifs is 2. The Hall–Kier alpha value is -1.86. The van der Waals surface area contributed by atoms with E-state index in [1.165, 1.54) is 27.1 Å². The van der Waals surface area contributed by atoms with Crippen LogP contribution in [-0.2, 0) is 11.3 Å². The van der Waals surface area contributed by atoms with Crippen molar-refractivity contribution in [3.05, 3.63) is 60.2 Å². The summed E-state index contributed by atoms with van der Waals surface area (Å²) >= 11 is 0. The highest BCUT2D eigenvalue weighted by Gasteiger charge is 2.06. The van der Waals surface area contributed by atoms with Gasteiger partial charge in [0, 0.05) is 7.11 Å². The maximum Gasteiger partial charge on any atom is 0.0725 e. The highest BCUT2D eigenvalue weighted by atomic mass is 16.5. The van der Waals surface area contributed by atoms with Crippen molar-refractivity contribution < 1.29 is 4.74 Å². The van der Waals surface area contributed by atoms with Crippen molar-refractivity contribution in [2.45, 2.75) is 20.5 Å². The number of ether oxygens (including phenoxy) is 1. The van der Waals surface area contributed by atoms with Gasteiger partial charge in [0.1, 0.15) is 0 Å². The summed E-state index contributed by atoms with van der Waals surface area (Å²) in [7, 11) is 1.75. The molecule has 0 fully saturated rings. The number of rotatable bonds is 2. The third-order valence-corrected chi connectivity index (χ3v) is 3.17. The highest BCUT2D eigenvalue weighted by molar-refractivity contribution is 6.02. The fourth-order valence-corrected chi connectivity index (χ4v) is 2.41. The first-order valence-corrected chi connectivity index (χ1v) is 6.78. The molecule has 0 aliphatic heterocycles. The molecular weight excluding hydrogens is 232 g/mol. The highest BCUT2D eigenvalue weighted by Crippen LogP contribution is 2.28. The van der Waals surface area contributed by atoms with Gasteiger partial charge in [0.15, 0.2) is 0 Å². The van der Waals surface area contributed by atoms with Gasteiger partial charge in [-0.2, -0.15) is 0 Å². The van der Waals surface area contributed by atoms with Crippen LogP contribution in [0.4, 0.5) is 0 Å². The Balaban J connectivity index is 0.000000637. The topological polar surface area (TPSA) is 9.23 Å². The zero-order valence-corrected chi connectivity index (χ0v) is 11.8. The molecular formula is C18H20O. The lowest BCUT2D eigenvalue weighted by Crippen LogP contribution is -1.91. The summed E-state index contributed by atoms with van der Waals surface area (Å²) in [5.74, 6) is 0. The van der Waals surface area contributed by atoms with E-state index in [-0.39, 0.29) is 0 Å². The second-order valence-electron chi connectivity index (χ2n) is 4.23. The number of hydrogen-bond acceptors (Lipinski definition) is 1. The lowest BCUT2D eigenvalue weighted by Gasteiger charge is -2.10. The van der Waals surface area contributed by atoms with Crippen LogP contribution >= 0.6 is 0 Å². The van der Waals surface area contributed by atoms with Crippen molar-refractivity contribution in [1.29, 1.82) is 0 Å². The molecule has 0 spiro atoms. The van der Waals surface area contributed by atoms with E-state index in [0.717, 1.165) is 0 Å². The molecule has 98 valence electrons. The number of methoxy groups -OCH3 is 1. The second-order valence-corrected chi connectivity index (χ2v) is 4.23. The molecule has 0 bridgehead atoms. The van der Waals surface area contributed by atoms with Gasteiger partial charge in [0.25, 0.3) is 0 Å². The smallest absolute Gasteiger partial charge is 0.0725 e. The molecule has 3 rings (SSSR count). The molecule has 1 heteroatoms. The Bertz CT molecular complexity index is 617. The Morgan fingerprint density at radius 2 is 1.26 bits per heavy atom. The summed E-state index contributed by atoms with van der Waals surface area (Å²) in [6, 6.07) is 19.2. The van der Waals surface area contributed by atoms with Gasteiger partial charge in [-0.1, -0.05) is 62.4 Å². The van der Waals surface area contributed by atoms with E-state index in [1.807, 2.05) is 13.8 Å². The minimum Gasteiger partial charge on any atom is -0.380 e. The van der Waals surface area contributed by atoms with Crippen LogP contribution in [0.2, 0.25) is 0 Å². The van der Waals surface area contributed by atoms with Gasteiger partial charge in [0.05, 0.1) is 6.61 Å². The first-order valence-electron chi connectivity index (χ1n) is 6.78. The summed E-state index contributed by atoms with van der Waals surface area (Å²) in [6.45, 7) is 4.65. The van der Waals surface area contributed by atoms with Crippen molar-refractivity contribution in [2.75, 3.05) is 7.11 Å². The Morgan fingerprint density at radius 1 is 0.789 bits per heavy atom. The summed E-state index contributed by atoms with van der Waals surface area (Å²) in [4.78, 5) is 0. The van der Waals surface area contributed by atoms with Crippen LogP contribution in [0.1, 0.15) is 19.4 Å². The predicted molar refractivity (Wildman–Crippen MR) is 83.5 cm³/mol. The summed E-state index contributed by atoms with van der Waals surface area (Å²) in [6.07, 6.45) is 0. The van der Waals surface area contributed by atoms with Crippen molar-refractivity contribution in [3.8, 4) is 0 Å². The predicted octanol–water partition coefficient (Wildman–Crippen LogP) is 5.17. The van der Waals surface area contributed by atoms with Gasteiger partial charge >= 0.3 is 0 Å². The van der Waals surface area contributed by atoms with E-state index >= 15 is 0 Å². The van der Waals surface area contributed by atoms with E-state index in [2.05, 4.69) is 54.6 Å². The molecule has 0 aliphatic rings. The van der Waals surface area contributed by atoms with Crippen molar-refractivity contribution >= 4 is 21.5 Å². The maximum atomic E-state index is 5.34. The van der Waals surface area contributed by atoms with Gasteiger partial charge in [-0.15, -0.1) is 0 Å². The largest absolute Gasteiger partial charge is 0.380 e. The average Bonchev–Trinajstić information content (AvgIpc) is 2.49. The van der Waals surface area contributed by atoms with Crippen LogP contribution in [-0.4, -0.2) is 7.11 Å². The molecule has 0 amide bonds. The van der Waals surface area contributed by atoms with E-state index in [4.69, 9.17) is 4.74 Å². The van der Waals surface area contributed by atoms with Crippen LogP contribution in [0.5, 0.6) is 0 Å². The van der Waals surface area contributed by atoms with Crippen LogP contribution in [0, 0.1) is 0 Å². The van der Waals surface area contributed by atoms with E-state index in [1.54, 1.807) is 7.11 Å². The van der Waals surface area contributed by atoms with Crippen LogP contribution in [0.25, 0.3) is 21.5 Å². The molecule has 0 aromatic heterocycles. The van der Waals surface area contributed by atoms with Gasteiger partial charge in [-0.3, -0.25) is 0 Å². The average molecular weight is 252 g/mol. The summed E-state index contributed by atoms with van der Waals surface area (Å²) in [5.41, 5.74) is 1.28. The van der Waals surface area contributed by atoms with Gasteiger partial charge < -0.3 is 4.74 Å². The van der Waals surface area contributed by atoms with E-state index in [0.29, 0.717) is 6.61 Å². The van der Waals surface area contributed by atoms with E-state index < -0.39 is 0 Å². The maximum absolute atomic E-state index is 5.34. The molecule has 19 heavy (non-hydrogen) atoms. The van der Waals surface area contributed by atoms with Crippen molar-refractivity contribution in [2.24, 2.45) is 0 Å². The first-order chi connectivity index (χ1) is 9.40. The van der Waals surface area contributed by atoms with Gasteiger partial charge in [-0.25, -0.2) is 0 Å². The molecule has 0 saturated heterocycles. The van der Waals surface area contributed by atoms with E-state index in [9.17, 15) is 0 Å². The lowest BCUT2D eigenvalue weighted by molar-refractivity contribution is 0.187. The molecule has 0 unspecified atom stereocenters. The SMILES string of the molecule is CC.COCc1c2ccccc2cc2ccccc12. The van der Waals surface area contributed by atoms with Crippen LogP contribution in [0.3, 0.4) is 0 Å². The third-order valence-electron chi connectivity index (χ3n) is 3.17. The molecule has 3 aromatic carbocycles. The monoisotopic (exact) mass is 252 g/mol. The molecule has 0 radical (unpaired) electrons. The summed E-state index contributed by atoms with van der Waals surface area (Å²) < 4.78 is 5.34. The normalized spacial score (nSPS) is 10.3. The molecule has 0 atom stereocenters.